The maximum Gasteiger partial charge on any atom is 0.390 e. The Balaban J connectivity index is 1.92. The highest BCUT2D eigenvalue weighted by atomic mass is 32.1. The summed E-state index contributed by atoms with van der Waals surface area (Å²) in [6.07, 6.45) is 1.33. The molecule has 9 nitrogen and oxygen atoms in total. The van der Waals surface area contributed by atoms with Crippen LogP contribution in [0.4, 0.5) is 5.69 Å². The van der Waals surface area contributed by atoms with Gasteiger partial charge in [-0.05, 0) is 25.5 Å². The number of aliphatic hydroxyl groups is 1. The molecule has 0 bridgehead atoms. The molecular weight excluding hydrogens is 418 g/mol. The normalized spacial score (nSPS) is 16.5. The minimum Gasteiger partial charge on any atom is -0.506 e. The van der Waals surface area contributed by atoms with E-state index in [1.165, 1.54) is 28.0 Å². The molecule has 31 heavy (non-hydrogen) atoms. The summed E-state index contributed by atoms with van der Waals surface area (Å²) in [5.41, 5.74) is 2.30. The fraction of sp³-hybridized carbons (Fsp3) is 0.333. The Morgan fingerprint density at radius 2 is 2.03 bits per heavy atom. The van der Waals surface area contributed by atoms with Crippen LogP contribution in [0.15, 0.2) is 29.2 Å². The quantitative estimate of drug-likeness (QED) is 0.214. The maximum atomic E-state index is 13.6. The van der Waals surface area contributed by atoms with Gasteiger partial charge in [0.25, 0.3) is 5.35 Å². The lowest BCUT2D eigenvalue weighted by molar-refractivity contribution is -0.549. The van der Waals surface area contributed by atoms with Crippen LogP contribution in [0.1, 0.15) is 11.1 Å². The Kier molecular flexibility index (Phi) is 4.65. The minimum absolute atomic E-state index is 0.0767. The van der Waals surface area contributed by atoms with Gasteiger partial charge in [-0.3, -0.25) is 15.0 Å². The molecule has 0 atom stereocenters. The Morgan fingerprint density at radius 1 is 1.29 bits per heavy atom. The number of hydrogen-bond donors (Lipinski definition) is 2. The lowest BCUT2D eigenvalue weighted by Crippen LogP contribution is -2.49. The van der Waals surface area contributed by atoms with E-state index < -0.39 is 4.92 Å². The van der Waals surface area contributed by atoms with Gasteiger partial charge in [0, 0.05) is 37.8 Å². The first-order valence-electron chi connectivity index (χ1n) is 10.1. The number of aliphatic hydroxyl groups excluding tert-OH is 1. The molecular formula is C21H22N5O4S+. The van der Waals surface area contributed by atoms with Crippen LogP contribution >= 0.6 is 11.3 Å². The average molecular weight is 441 g/mol. The van der Waals surface area contributed by atoms with Crippen LogP contribution in [0.25, 0.3) is 26.5 Å². The first-order chi connectivity index (χ1) is 14.9. The topological polar surface area (TPSA) is 105 Å². The number of nitrogens with zero attached hydrogens (tertiary/aromatic N) is 4. The number of benzene rings is 1. The molecule has 4 heterocycles. The molecule has 10 heteroatoms. The van der Waals surface area contributed by atoms with Crippen LogP contribution in [0, 0.1) is 24.0 Å². The van der Waals surface area contributed by atoms with Gasteiger partial charge in [0.05, 0.1) is 16.2 Å². The monoisotopic (exact) mass is 440 g/mol. The van der Waals surface area contributed by atoms with E-state index in [1.54, 1.807) is 4.57 Å². The predicted octanol–water partition coefficient (Wildman–Crippen LogP) is 1.04. The highest BCUT2D eigenvalue weighted by Crippen LogP contribution is 2.33. The van der Waals surface area contributed by atoms with E-state index in [-0.39, 0.29) is 28.9 Å². The van der Waals surface area contributed by atoms with Gasteiger partial charge in [0.2, 0.25) is 0 Å². The van der Waals surface area contributed by atoms with Crippen molar-refractivity contribution >= 4 is 37.7 Å². The number of rotatable bonds is 3. The molecule has 5 rings (SSSR count). The highest BCUT2D eigenvalue weighted by molar-refractivity contribution is 7.24. The Hall–Kier alpha value is -3.08. The van der Waals surface area contributed by atoms with E-state index in [0.717, 1.165) is 47.5 Å². The van der Waals surface area contributed by atoms with Crippen LogP contribution in [-0.2, 0) is 0 Å². The highest BCUT2D eigenvalue weighted by Gasteiger charge is 2.34. The lowest BCUT2D eigenvalue weighted by Gasteiger charge is -2.26. The van der Waals surface area contributed by atoms with Gasteiger partial charge in [-0.25, -0.2) is 4.79 Å². The summed E-state index contributed by atoms with van der Waals surface area (Å²) in [7, 11) is 0. The summed E-state index contributed by atoms with van der Waals surface area (Å²) in [5.74, 6) is 0.467. The summed E-state index contributed by atoms with van der Waals surface area (Å²) >= 11 is 1.40. The maximum absolute atomic E-state index is 13.6. The van der Waals surface area contributed by atoms with E-state index >= 15 is 0 Å². The van der Waals surface area contributed by atoms with Gasteiger partial charge < -0.3 is 10.4 Å². The van der Waals surface area contributed by atoms with Gasteiger partial charge in [-0.1, -0.05) is 6.07 Å². The smallest absolute Gasteiger partial charge is 0.390 e. The van der Waals surface area contributed by atoms with Crippen molar-refractivity contribution < 1.29 is 14.4 Å². The SMILES string of the molecule is Cc1ccc2sc3cc([N+](=O)[O-])c[n+]4c3-n(c(=O)/c4=C(\O)CN3CCNCC3)c2c1C. The van der Waals surface area contributed by atoms with Crippen molar-refractivity contribution in [3.63, 3.8) is 0 Å². The molecule has 2 N–H and O–H groups in total. The number of piperazine rings is 1. The third-order valence-corrected chi connectivity index (χ3v) is 7.09. The van der Waals surface area contributed by atoms with Crippen molar-refractivity contribution in [3.05, 3.63) is 61.3 Å². The molecule has 160 valence electrons. The van der Waals surface area contributed by atoms with Crippen molar-refractivity contribution in [2.75, 3.05) is 32.7 Å². The summed E-state index contributed by atoms with van der Waals surface area (Å²) in [4.78, 5) is 26.8. The van der Waals surface area contributed by atoms with E-state index in [2.05, 4.69) is 10.2 Å². The van der Waals surface area contributed by atoms with Crippen molar-refractivity contribution in [1.82, 2.24) is 14.8 Å². The standard InChI is InChI=1S/C21H21N5O4S/c1-12-3-4-16-18(13(12)2)25-20-17(31-16)9-14(26(29)30)10-24(20)19(21(25)28)15(27)11-23-7-5-22-6-8-23/h3-4,9-10,22H,5-8,11H2,1-2H3/p+1. The molecule has 0 aliphatic carbocycles. The fourth-order valence-corrected chi connectivity index (χ4v) is 5.47. The second kappa shape index (κ2) is 7.26. The van der Waals surface area contributed by atoms with Crippen LogP contribution < -0.4 is 20.6 Å². The molecule has 1 aromatic heterocycles. The zero-order valence-corrected chi connectivity index (χ0v) is 18.0. The van der Waals surface area contributed by atoms with Gasteiger partial charge in [0.1, 0.15) is 4.70 Å². The number of fused-ring (bicyclic) bond motifs is 2. The molecule has 3 aliphatic heterocycles. The Bertz CT molecular complexity index is 1430. The molecule has 0 unspecified atom stereocenters. The second-order valence-electron chi connectivity index (χ2n) is 7.93. The minimum atomic E-state index is -0.474. The number of imidazole rings is 1. The van der Waals surface area contributed by atoms with E-state index in [1.807, 2.05) is 26.0 Å². The molecule has 1 fully saturated rings. The molecule has 1 saturated heterocycles. The first kappa shape index (κ1) is 19.9. The summed E-state index contributed by atoms with van der Waals surface area (Å²) in [6, 6.07) is 5.41. The van der Waals surface area contributed by atoms with Gasteiger partial charge in [-0.2, -0.15) is 8.97 Å². The number of nitrogens with one attached hydrogen (secondary N) is 1. The van der Waals surface area contributed by atoms with E-state index in [0.29, 0.717) is 10.5 Å². The van der Waals surface area contributed by atoms with Gasteiger partial charge in [-0.15, -0.1) is 11.3 Å². The van der Waals surface area contributed by atoms with E-state index in [9.17, 15) is 20.0 Å². The van der Waals surface area contributed by atoms with Crippen molar-refractivity contribution in [3.8, 4) is 5.82 Å². The summed E-state index contributed by atoms with van der Waals surface area (Å²) < 4.78 is 4.56. The molecule has 3 aliphatic rings. The van der Waals surface area contributed by atoms with Crippen LogP contribution in [0.2, 0.25) is 0 Å². The molecule has 0 spiro atoms. The number of aryl methyl sites for hydroxylation is 2. The van der Waals surface area contributed by atoms with Crippen molar-refractivity contribution in [1.29, 1.82) is 0 Å². The first-order valence-corrected chi connectivity index (χ1v) is 10.9. The van der Waals surface area contributed by atoms with Gasteiger partial charge in [0.15, 0.2) is 17.5 Å². The third kappa shape index (κ3) is 3.06. The number of nitro groups is 1. The van der Waals surface area contributed by atoms with Gasteiger partial charge >= 0.3 is 17.1 Å². The van der Waals surface area contributed by atoms with Crippen LogP contribution in [-0.4, -0.2) is 52.2 Å². The molecule has 2 aromatic rings. The number of hydrogen-bond acceptors (Lipinski definition) is 7. The average Bonchev–Trinajstić information content (AvgIpc) is 3.04. The fourth-order valence-electron chi connectivity index (χ4n) is 4.30. The number of aromatic nitrogens is 2. The van der Waals surface area contributed by atoms with Crippen LogP contribution in [0.3, 0.4) is 0 Å². The summed E-state index contributed by atoms with van der Waals surface area (Å²) in [6.45, 7) is 7.29. The lowest BCUT2D eigenvalue weighted by atomic mass is 10.1. The molecule has 0 saturated carbocycles. The molecule has 0 radical (unpaired) electrons. The number of pyridine rings is 1. The third-order valence-electron chi connectivity index (χ3n) is 6.02. The Labute approximate surface area is 180 Å². The molecule has 1 aromatic carbocycles. The second-order valence-corrected chi connectivity index (χ2v) is 9.02. The van der Waals surface area contributed by atoms with E-state index in [4.69, 9.17) is 0 Å². The summed E-state index contributed by atoms with van der Waals surface area (Å²) in [5, 5.41) is 25.9. The predicted molar refractivity (Wildman–Crippen MR) is 118 cm³/mol. The zero-order valence-electron chi connectivity index (χ0n) is 17.2. The van der Waals surface area contributed by atoms with Crippen LogP contribution in [0.5, 0.6) is 0 Å². The largest absolute Gasteiger partial charge is 0.506 e. The Morgan fingerprint density at radius 3 is 2.74 bits per heavy atom. The van der Waals surface area contributed by atoms with Crippen molar-refractivity contribution in [2.45, 2.75) is 13.8 Å². The zero-order chi connectivity index (χ0) is 21.9. The van der Waals surface area contributed by atoms with Crippen molar-refractivity contribution in [2.24, 2.45) is 0 Å². The molecule has 0 amide bonds.